The molecule has 0 unspecified atom stereocenters. The quantitative estimate of drug-likeness (QED) is 0.641. The summed E-state index contributed by atoms with van der Waals surface area (Å²) in [5, 5.41) is 0.616. The molecule has 0 fully saturated rings. The minimum atomic E-state index is 0.407. The number of rotatable bonds is 3. The Kier molecular flexibility index (Phi) is 3.49. The molecule has 0 atom stereocenters. The first kappa shape index (κ1) is 11.7. The molecule has 1 heterocycles. The van der Waals surface area contributed by atoms with Gasteiger partial charge in [-0.05, 0) is 18.1 Å². The lowest BCUT2D eigenvalue weighted by molar-refractivity contribution is 0.983. The summed E-state index contributed by atoms with van der Waals surface area (Å²) in [5.41, 5.74) is 13.8. The minimum absolute atomic E-state index is 0.407. The van der Waals surface area contributed by atoms with Crippen molar-refractivity contribution in [2.45, 2.75) is 17.8 Å². The van der Waals surface area contributed by atoms with Crippen LogP contribution in [-0.4, -0.2) is 9.97 Å². The lowest BCUT2D eigenvalue weighted by Crippen LogP contribution is -1.99. The molecule has 1 aromatic heterocycles. The van der Waals surface area contributed by atoms with Gasteiger partial charge in [-0.3, -0.25) is 0 Å². The van der Waals surface area contributed by atoms with E-state index in [0.29, 0.717) is 16.8 Å². The predicted octanol–water partition coefficient (Wildman–Crippen LogP) is 2.24. The van der Waals surface area contributed by atoms with Crippen molar-refractivity contribution in [1.82, 2.24) is 9.97 Å². The van der Waals surface area contributed by atoms with Crippen molar-refractivity contribution in [3.05, 3.63) is 41.5 Å². The van der Waals surface area contributed by atoms with Crippen LogP contribution in [0.3, 0.4) is 0 Å². The van der Waals surface area contributed by atoms with Crippen molar-refractivity contribution in [3.8, 4) is 0 Å². The fraction of sp³-hybridized carbons (Fsp3) is 0.167. The molecule has 0 aliphatic heterocycles. The molecule has 5 heteroatoms. The van der Waals surface area contributed by atoms with Gasteiger partial charge in [0.1, 0.15) is 11.6 Å². The van der Waals surface area contributed by atoms with Crippen LogP contribution in [-0.2, 0) is 5.75 Å². The number of hydrogen-bond donors (Lipinski definition) is 2. The van der Waals surface area contributed by atoms with E-state index in [-0.39, 0.29) is 0 Å². The van der Waals surface area contributed by atoms with E-state index in [1.165, 1.54) is 22.9 Å². The Morgan fingerprint density at radius 2 is 1.76 bits per heavy atom. The Morgan fingerprint density at radius 3 is 2.41 bits per heavy atom. The summed E-state index contributed by atoms with van der Waals surface area (Å²) < 4.78 is 0. The average Bonchev–Trinajstić information content (AvgIpc) is 2.27. The van der Waals surface area contributed by atoms with E-state index in [1.807, 2.05) is 12.1 Å². The smallest absolute Gasteiger partial charge is 0.191 e. The summed E-state index contributed by atoms with van der Waals surface area (Å²) in [6.07, 6.45) is 0. The summed E-state index contributed by atoms with van der Waals surface area (Å²) >= 11 is 1.53. The first-order valence-corrected chi connectivity index (χ1v) is 6.21. The van der Waals surface area contributed by atoms with Gasteiger partial charge >= 0.3 is 0 Å². The molecule has 0 saturated heterocycles. The maximum Gasteiger partial charge on any atom is 0.191 e. The van der Waals surface area contributed by atoms with Crippen LogP contribution < -0.4 is 11.5 Å². The van der Waals surface area contributed by atoms with Gasteiger partial charge in [-0.1, -0.05) is 36.0 Å². The molecular formula is C12H14N4S. The molecule has 4 nitrogen and oxygen atoms in total. The van der Waals surface area contributed by atoms with Gasteiger partial charge in [-0.2, -0.15) is 0 Å². The van der Waals surface area contributed by atoms with Crippen LogP contribution in [0.25, 0.3) is 0 Å². The van der Waals surface area contributed by atoms with Gasteiger partial charge in [-0.15, -0.1) is 0 Å². The average molecular weight is 246 g/mol. The van der Waals surface area contributed by atoms with Crippen molar-refractivity contribution in [1.29, 1.82) is 0 Å². The maximum atomic E-state index is 5.61. The summed E-state index contributed by atoms with van der Waals surface area (Å²) in [7, 11) is 0. The zero-order valence-electron chi connectivity index (χ0n) is 9.55. The Bertz CT molecular complexity index is 507. The molecule has 0 amide bonds. The number of aromatic nitrogens is 2. The molecule has 17 heavy (non-hydrogen) atoms. The SMILES string of the molecule is Cc1ccccc1CSc1nc(N)cc(N)n1. The summed E-state index contributed by atoms with van der Waals surface area (Å²) in [4.78, 5) is 8.26. The third-order valence-electron chi connectivity index (χ3n) is 2.36. The second-order valence-corrected chi connectivity index (χ2v) is 4.66. The number of hydrogen-bond acceptors (Lipinski definition) is 5. The molecule has 2 aromatic rings. The van der Waals surface area contributed by atoms with Gasteiger partial charge in [0.15, 0.2) is 5.16 Å². The molecule has 2 rings (SSSR count). The monoisotopic (exact) mass is 246 g/mol. The van der Waals surface area contributed by atoms with E-state index < -0.39 is 0 Å². The Morgan fingerprint density at radius 1 is 1.12 bits per heavy atom. The van der Waals surface area contributed by atoms with E-state index in [0.717, 1.165) is 5.75 Å². The molecule has 0 radical (unpaired) electrons. The van der Waals surface area contributed by atoms with Gasteiger partial charge in [-0.25, -0.2) is 9.97 Å². The largest absolute Gasteiger partial charge is 0.383 e. The molecule has 0 bridgehead atoms. The van der Waals surface area contributed by atoms with Crippen LogP contribution in [0.2, 0.25) is 0 Å². The number of nitrogens with zero attached hydrogens (tertiary/aromatic N) is 2. The van der Waals surface area contributed by atoms with Crippen LogP contribution >= 0.6 is 11.8 Å². The highest BCUT2D eigenvalue weighted by atomic mass is 32.2. The molecule has 0 aliphatic rings. The molecule has 0 saturated carbocycles. The van der Waals surface area contributed by atoms with E-state index in [9.17, 15) is 0 Å². The number of benzene rings is 1. The number of anilines is 2. The normalized spacial score (nSPS) is 10.4. The van der Waals surface area contributed by atoms with Crippen LogP contribution in [0.1, 0.15) is 11.1 Å². The van der Waals surface area contributed by atoms with Gasteiger partial charge in [0.25, 0.3) is 0 Å². The number of nitrogen functional groups attached to an aromatic ring is 2. The number of nitrogens with two attached hydrogens (primary N) is 2. The second kappa shape index (κ2) is 5.05. The fourth-order valence-corrected chi connectivity index (χ4v) is 2.39. The highest BCUT2D eigenvalue weighted by Crippen LogP contribution is 2.22. The highest BCUT2D eigenvalue weighted by molar-refractivity contribution is 7.98. The molecule has 0 spiro atoms. The zero-order chi connectivity index (χ0) is 12.3. The van der Waals surface area contributed by atoms with Gasteiger partial charge in [0.2, 0.25) is 0 Å². The van der Waals surface area contributed by atoms with Crippen LogP contribution in [0.5, 0.6) is 0 Å². The predicted molar refractivity (Wildman–Crippen MR) is 71.6 cm³/mol. The van der Waals surface area contributed by atoms with Crippen molar-refractivity contribution in [2.75, 3.05) is 11.5 Å². The Hall–Kier alpha value is -1.75. The summed E-state index contributed by atoms with van der Waals surface area (Å²) in [6, 6.07) is 9.79. The topological polar surface area (TPSA) is 77.8 Å². The zero-order valence-corrected chi connectivity index (χ0v) is 10.4. The Balaban J connectivity index is 2.10. The van der Waals surface area contributed by atoms with Crippen LogP contribution in [0.4, 0.5) is 11.6 Å². The molecular weight excluding hydrogens is 232 g/mol. The van der Waals surface area contributed by atoms with Crippen molar-refractivity contribution in [2.24, 2.45) is 0 Å². The van der Waals surface area contributed by atoms with Crippen LogP contribution in [0, 0.1) is 6.92 Å². The van der Waals surface area contributed by atoms with Crippen LogP contribution in [0.15, 0.2) is 35.5 Å². The third kappa shape index (κ3) is 3.10. The Labute approximate surface area is 104 Å². The van der Waals surface area contributed by atoms with Gasteiger partial charge in [0.05, 0.1) is 0 Å². The standard InChI is InChI=1S/C12H14N4S/c1-8-4-2-3-5-9(8)7-17-12-15-10(13)6-11(14)16-12/h2-6H,7H2,1H3,(H4,13,14,15,16). The summed E-state index contributed by atoms with van der Waals surface area (Å²) in [5.74, 6) is 1.63. The van der Waals surface area contributed by atoms with E-state index in [2.05, 4.69) is 29.0 Å². The van der Waals surface area contributed by atoms with Crippen molar-refractivity contribution in [3.63, 3.8) is 0 Å². The lowest BCUT2D eigenvalue weighted by Gasteiger charge is -2.05. The van der Waals surface area contributed by atoms with Gasteiger partial charge < -0.3 is 11.5 Å². The van der Waals surface area contributed by atoms with Crippen molar-refractivity contribution >= 4 is 23.4 Å². The molecule has 88 valence electrons. The lowest BCUT2D eigenvalue weighted by atomic mass is 10.1. The second-order valence-electron chi connectivity index (χ2n) is 3.72. The first-order chi connectivity index (χ1) is 8.15. The highest BCUT2D eigenvalue weighted by Gasteiger charge is 2.03. The molecule has 0 aliphatic carbocycles. The van der Waals surface area contributed by atoms with Gasteiger partial charge in [0, 0.05) is 11.8 Å². The molecule has 4 N–H and O–H groups in total. The van der Waals surface area contributed by atoms with E-state index >= 15 is 0 Å². The fourth-order valence-electron chi connectivity index (χ4n) is 1.44. The minimum Gasteiger partial charge on any atom is -0.383 e. The summed E-state index contributed by atoms with van der Waals surface area (Å²) in [6.45, 7) is 2.09. The maximum absolute atomic E-state index is 5.61. The number of thioether (sulfide) groups is 1. The molecule has 1 aromatic carbocycles. The first-order valence-electron chi connectivity index (χ1n) is 5.22. The van der Waals surface area contributed by atoms with Crippen molar-refractivity contribution < 1.29 is 0 Å². The van der Waals surface area contributed by atoms with E-state index in [1.54, 1.807) is 6.07 Å². The third-order valence-corrected chi connectivity index (χ3v) is 3.26. The van der Waals surface area contributed by atoms with E-state index in [4.69, 9.17) is 11.5 Å². The number of aryl methyl sites for hydroxylation is 1.